The molecule has 0 unspecified atom stereocenters. The van der Waals surface area contributed by atoms with E-state index in [1.165, 1.54) is 5.56 Å². The molecule has 1 aliphatic rings. The molecule has 1 saturated heterocycles. The number of sulfonamides is 1. The molecule has 0 radical (unpaired) electrons. The van der Waals surface area contributed by atoms with Crippen molar-refractivity contribution in [3.8, 4) is 0 Å². The van der Waals surface area contributed by atoms with Gasteiger partial charge in [0.2, 0.25) is 15.9 Å². The standard InChI is InChI=1S/C20H26N4O3S/c1-28(26,27)22-19-10-6-5-9-18(19)21-20(25)16-24-13-11-23(12-14-24)15-17-7-3-2-4-8-17/h2-10,22H,11-16H2,1H3,(H,21,25). The molecule has 8 heteroatoms. The molecule has 28 heavy (non-hydrogen) atoms. The Morgan fingerprint density at radius 2 is 1.46 bits per heavy atom. The van der Waals surface area contributed by atoms with Gasteiger partial charge in [-0.3, -0.25) is 19.3 Å². The van der Waals surface area contributed by atoms with Crippen molar-refractivity contribution in [1.82, 2.24) is 9.80 Å². The maximum Gasteiger partial charge on any atom is 0.238 e. The molecule has 7 nitrogen and oxygen atoms in total. The molecule has 3 rings (SSSR count). The van der Waals surface area contributed by atoms with Crippen molar-refractivity contribution in [3.63, 3.8) is 0 Å². The molecular weight excluding hydrogens is 376 g/mol. The molecule has 150 valence electrons. The number of carbonyl (C=O) groups is 1. The van der Waals surface area contributed by atoms with E-state index in [4.69, 9.17) is 0 Å². The summed E-state index contributed by atoms with van der Waals surface area (Å²) in [4.78, 5) is 16.9. The minimum Gasteiger partial charge on any atom is -0.323 e. The molecule has 2 aromatic rings. The number of benzene rings is 2. The summed E-state index contributed by atoms with van der Waals surface area (Å²) in [5, 5.41) is 2.81. The maximum atomic E-state index is 12.4. The molecule has 0 bridgehead atoms. The predicted molar refractivity (Wildman–Crippen MR) is 112 cm³/mol. The van der Waals surface area contributed by atoms with Crippen LogP contribution in [0.4, 0.5) is 11.4 Å². The summed E-state index contributed by atoms with van der Waals surface area (Å²) in [6, 6.07) is 17.1. The number of para-hydroxylation sites is 2. The first-order chi connectivity index (χ1) is 13.4. The van der Waals surface area contributed by atoms with E-state index in [9.17, 15) is 13.2 Å². The van der Waals surface area contributed by atoms with Gasteiger partial charge in [-0.2, -0.15) is 0 Å². The molecule has 0 saturated carbocycles. The zero-order chi connectivity index (χ0) is 20.0. The summed E-state index contributed by atoms with van der Waals surface area (Å²) in [6.07, 6.45) is 1.08. The van der Waals surface area contributed by atoms with Gasteiger partial charge in [-0.1, -0.05) is 42.5 Å². The van der Waals surface area contributed by atoms with Crippen LogP contribution in [0, 0.1) is 0 Å². The first-order valence-electron chi connectivity index (χ1n) is 9.24. The van der Waals surface area contributed by atoms with E-state index in [1.807, 2.05) is 18.2 Å². The van der Waals surface area contributed by atoms with Crippen molar-refractivity contribution in [1.29, 1.82) is 0 Å². The average molecular weight is 403 g/mol. The Bertz CT molecular complexity index is 895. The van der Waals surface area contributed by atoms with E-state index in [1.54, 1.807) is 24.3 Å². The molecule has 0 atom stereocenters. The quantitative estimate of drug-likeness (QED) is 0.738. The van der Waals surface area contributed by atoms with Gasteiger partial charge in [0.25, 0.3) is 0 Å². The van der Waals surface area contributed by atoms with E-state index in [0.717, 1.165) is 39.0 Å². The fourth-order valence-electron chi connectivity index (χ4n) is 3.22. The van der Waals surface area contributed by atoms with Crippen molar-refractivity contribution in [2.75, 3.05) is 49.0 Å². The van der Waals surface area contributed by atoms with Gasteiger partial charge in [-0.25, -0.2) is 8.42 Å². The van der Waals surface area contributed by atoms with Crippen LogP contribution < -0.4 is 10.0 Å². The Kier molecular flexibility index (Phi) is 6.66. The van der Waals surface area contributed by atoms with Crippen LogP contribution in [-0.2, 0) is 21.4 Å². The summed E-state index contributed by atoms with van der Waals surface area (Å²) < 4.78 is 25.4. The number of nitrogens with zero attached hydrogens (tertiary/aromatic N) is 2. The lowest BCUT2D eigenvalue weighted by Gasteiger charge is -2.34. The highest BCUT2D eigenvalue weighted by Crippen LogP contribution is 2.22. The lowest BCUT2D eigenvalue weighted by atomic mass is 10.2. The number of amides is 1. The lowest BCUT2D eigenvalue weighted by Crippen LogP contribution is -2.48. The predicted octanol–water partition coefficient (Wildman–Crippen LogP) is 1.81. The molecular formula is C20H26N4O3S. The maximum absolute atomic E-state index is 12.4. The summed E-state index contributed by atoms with van der Waals surface area (Å²) in [6.45, 7) is 4.67. The second-order valence-electron chi connectivity index (χ2n) is 7.01. The molecule has 0 spiro atoms. The van der Waals surface area contributed by atoms with Crippen LogP contribution in [0.3, 0.4) is 0 Å². The smallest absolute Gasteiger partial charge is 0.238 e. The molecule has 1 fully saturated rings. The van der Waals surface area contributed by atoms with E-state index in [-0.39, 0.29) is 12.5 Å². The van der Waals surface area contributed by atoms with Crippen molar-refractivity contribution >= 4 is 27.3 Å². The number of anilines is 2. The number of nitrogens with one attached hydrogen (secondary N) is 2. The topological polar surface area (TPSA) is 81.8 Å². The molecule has 2 aromatic carbocycles. The third-order valence-electron chi connectivity index (χ3n) is 4.58. The van der Waals surface area contributed by atoms with Gasteiger partial charge in [0.05, 0.1) is 24.2 Å². The third kappa shape index (κ3) is 6.33. The summed E-state index contributed by atoms with van der Waals surface area (Å²) in [5.74, 6) is -0.153. The summed E-state index contributed by atoms with van der Waals surface area (Å²) >= 11 is 0. The largest absolute Gasteiger partial charge is 0.323 e. The van der Waals surface area contributed by atoms with Crippen LogP contribution in [-0.4, -0.2) is 63.1 Å². The molecule has 0 aliphatic carbocycles. The Morgan fingerprint density at radius 1 is 0.893 bits per heavy atom. The first kappa shape index (κ1) is 20.3. The Balaban J connectivity index is 1.49. The first-order valence-corrected chi connectivity index (χ1v) is 11.1. The van der Waals surface area contributed by atoms with Crippen LogP contribution in [0.1, 0.15) is 5.56 Å². The SMILES string of the molecule is CS(=O)(=O)Nc1ccccc1NC(=O)CN1CCN(Cc2ccccc2)CC1. The molecule has 1 aliphatic heterocycles. The zero-order valence-corrected chi connectivity index (χ0v) is 16.8. The molecule has 1 heterocycles. The fraction of sp³-hybridized carbons (Fsp3) is 0.350. The van der Waals surface area contributed by atoms with Crippen molar-refractivity contribution in [2.45, 2.75) is 6.54 Å². The lowest BCUT2D eigenvalue weighted by molar-refractivity contribution is -0.117. The van der Waals surface area contributed by atoms with Crippen molar-refractivity contribution in [3.05, 3.63) is 60.2 Å². The van der Waals surface area contributed by atoms with E-state index in [0.29, 0.717) is 11.4 Å². The van der Waals surface area contributed by atoms with Crippen LogP contribution in [0.2, 0.25) is 0 Å². The Morgan fingerprint density at radius 3 is 2.11 bits per heavy atom. The van der Waals surface area contributed by atoms with Crippen LogP contribution in [0.25, 0.3) is 0 Å². The molecule has 1 amide bonds. The van der Waals surface area contributed by atoms with Gasteiger partial charge in [0, 0.05) is 32.7 Å². The molecule has 0 aromatic heterocycles. The van der Waals surface area contributed by atoms with Crippen molar-refractivity contribution in [2.24, 2.45) is 0 Å². The zero-order valence-electron chi connectivity index (χ0n) is 16.0. The van der Waals surface area contributed by atoms with E-state index >= 15 is 0 Å². The second-order valence-corrected chi connectivity index (χ2v) is 8.75. The minimum atomic E-state index is -3.41. The van der Waals surface area contributed by atoms with Gasteiger partial charge in [-0.15, -0.1) is 0 Å². The van der Waals surface area contributed by atoms with Crippen molar-refractivity contribution < 1.29 is 13.2 Å². The monoisotopic (exact) mass is 402 g/mol. The van der Waals surface area contributed by atoms with Crippen LogP contribution in [0.15, 0.2) is 54.6 Å². The van der Waals surface area contributed by atoms with Gasteiger partial charge in [0.1, 0.15) is 0 Å². The second kappa shape index (κ2) is 9.18. The van der Waals surface area contributed by atoms with Gasteiger partial charge in [-0.05, 0) is 17.7 Å². The average Bonchev–Trinajstić information content (AvgIpc) is 2.65. The highest BCUT2D eigenvalue weighted by Gasteiger charge is 2.19. The minimum absolute atomic E-state index is 0.153. The van der Waals surface area contributed by atoms with Crippen LogP contribution in [0.5, 0.6) is 0 Å². The van der Waals surface area contributed by atoms with E-state index < -0.39 is 10.0 Å². The Labute approximate surface area is 166 Å². The summed E-state index contributed by atoms with van der Waals surface area (Å²) in [7, 11) is -3.41. The highest BCUT2D eigenvalue weighted by atomic mass is 32.2. The number of piperazine rings is 1. The number of carbonyl (C=O) groups excluding carboxylic acids is 1. The number of hydrogen-bond donors (Lipinski definition) is 2. The van der Waals surface area contributed by atoms with E-state index in [2.05, 4.69) is 32.0 Å². The third-order valence-corrected chi connectivity index (χ3v) is 5.17. The molecule has 2 N–H and O–H groups in total. The highest BCUT2D eigenvalue weighted by molar-refractivity contribution is 7.92. The van der Waals surface area contributed by atoms with Gasteiger partial charge in [0.15, 0.2) is 0 Å². The fourth-order valence-corrected chi connectivity index (χ4v) is 3.80. The van der Waals surface area contributed by atoms with Gasteiger partial charge < -0.3 is 5.32 Å². The van der Waals surface area contributed by atoms with Gasteiger partial charge >= 0.3 is 0 Å². The number of rotatable bonds is 7. The Hall–Kier alpha value is -2.42. The number of hydrogen-bond acceptors (Lipinski definition) is 5. The van der Waals surface area contributed by atoms with Crippen LogP contribution >= 0.6 is 0 Å². The summed E-state index contributed by atoms with van der Waals surface area (Å²) in [5.41, 5.74) is 2.12. The normalized spacial score (nSPS) is 15.9.